The summed E-state index contributed by atoms with van der Waals surface area (Å²) in [5.74, 6) is -0.793. The highest BCUT2D eigenvalue weighted by atomic mass is 28.3. The van der Waals surface area contributed by atoms with Gasteiger partial charge in [-0.2, -0.15) is 0 Å². The number of rotatable bonds is 6. The summed E-state index contributed by atoms with van der Waals surface area (Å²) in [6.45, 7) is 0. The quantitative estimate of drug-likeness (QED) is 0.117. The molecule has 0 N–H and O–H groups in total. The van der Waals surface area contributed by atoms with Crippen molar-refractivity contribution >= 4 is 50.6 Å². The van der Waals surface area contributed by atoms with Gasteiger partial charge in [-0.1, -0.05) is 206 Å². The van der Waals surface area contributed by atoms with E-state index in [1.165, 1.54) is 0 Å². The summed E-state index contributed by atoms with van der Waals surface area (Å²) in [5, 5.41) is 4.26. The molecule has 2 heteroatoms. The Morgan fingerprint density at radius 3 is 1.52 bits per heavy atom. The second-order valence-electron chi connectivity index (χ2n) is 14.9. The van der Waals surface area contributed by atoms with Gasteiger partial charge in [0.25, 0.3) is 0 Å². The van der Waals surface area contributed by atoms with Gasteiger partial charge >= 0.3 is 0 Å². The first-order valence-corrected chi connectivity index (χ1v) is 21.4. The molecule has 0 radical (unpaired) electrons. The Morgan fingerprint density at radius 1 is 0.379 bits per heavy atom. The second-order valence-corrected chi connectivity index (χ2v) is 18.7. The molecule has 9 aromatic carbocycles. The minimum Gasteiger partial charge on any atom is -0.309 e. The molecule has 0 spiro atoms. The summed E-state index contributed by atoms with van der Waals surface area (Å²) in [4.78, 5) is 0. The number of hydrogen-bond acceptors (Lipinski definition) is 0. The SMILES string of the molecule is [2H]c1c([2H])c([2H])c(-c2ccc([Si](c3ccccc3)(c3ccccc3)c3cccc4c3C3c5ccccc5C4c4cccc(-n5c6c([2H])c([2H])c([2H])c([2H])c6c6c([2H])c([2H])c([2H])c([2H])c65)c43)cc2)c([2H])c1[2H]. The molecule has 3 aliphatic rings. The molecule has 13 rings (SSSR count). The molecule has 0 amide bonds. The summed E-state index contributed by atoms with van der Waals surface area (Å²) in [7, 11) is -3.48. The largest absolute Gasteiger partial charge is 0.309 e. The molecule has 272 valence electrons. The van der Waals surface area contributed by atoms with Crippen LogP contribution in [0.3, 0.4) is 0 Å². The van der Waals surface area contributed by atoms with Gasteiger partial charge in [0.2, 0.25) is 0 Å². The van der Waals surface area contributed by atoms with E-state index in [1.807, 2.05) is 84.9 Å². The molecule has 2 unspecified atom stereocenters. The third-order valence-corrected chi connectivity index (χ3v) is 17.1. The maximum absolute atomic E-state index is 9.43. The maximum atomic E-state index is 9.43. The number of para-hydroxylation sites is 2. The number of benzene rings is 9. The average molecular weight is 767 g/mol. The molecule has 0 fully saturated rings. The molecular weight excluding hydrogens is 715 g/mol. The van der Waals surface area contributed by atoms with E-state index in [2.05, 4.69) is 60.7 Å². The van der Waals surface area contributed by atoms with Crippen molar-refractivity contribution in [3.8, 4) is 16.8 Å². The van der Waals surface area contributed by atoms with Crippen LogP contribution in [-0.2, 0) is 0 Å². The predicted octanol–water partition coefficient (Wildman–Crippen LogP) is 10.8. The average Bonchev–Trinajstić information content (AvgIpc) is 3.77. The van der Waals surface area contributed by atoms with Gasteiger partial charge in [0, 0.05) is 22.6 Å². The smallest absolute Gasteiger partial charge is 0.179 e. The summed E-state index contributed by atoms with van der Waals surface area (Å²) >= 11 is 0. The van der Waals surface area contributed by atoms with E-state index in [9.17, 15) is 5.48 Å². The Bertz CT molecular complexity index is 3780. The molecule has 10 aromatic rings. The number of fused-ring (bicyclic) bond motifs is 3. The van der Waals surface area contributed by atoms with Gasteiger partial charge in [0.15, 0.2) is 8.07 Å². The van der Waals surface area contributed by atoms with Crippen LogP contribution in [0.4, 0.5) is 0 Å². The molecule has 1 aromatic heterocycles. The van der Waals surface area contributed by atoms with Gasteiger partial charge < -0.3 is 4.57 Å². The van der Waals surface area contributed by atoms with Crippen LogP contribution in [0.5, 0.6) is 0 Å². The first-order chi connectivity index (χ1) is 34.2. The van der Waals surface area contributed by atoms with Crippen molar-refractivity contribution in [3.63, 3.8) is 0 Å². The van der Waals surface area contributed by atoms with Crippen LogP contribution in [-0.4, -0.2) is 12.6 Å². The van der Waals surface area contributed by atoms with Crippen LogP contribution < -0.4 is 20.7 Å². The highest BCUT2D eigenvalue weighted by Gasteiger charge is 2.50. The van der Waals surface area contributed by atoms with Crippen LogP contribution in [0.15, 0.2) is 224 Å². The lowest BCUT2D eigenvalue weighted by Gasteiger charge is -2.47. The monoisotopic (exact) mass is 766 g/mol. The zero-order chi connectivity index (χ0) is 49.5. The van der Waals surface area contributed by atoms with Crippen molar-refractivity contribution in [3.05, 3.63) is 258 Å². The first kappa shape index (κ1) is 22.7. The summed E-state index contributed by atoms with van der Waals surface area (Å²) in [6, 6.07) is 44.0. The number of nitrogens with zero attached hydrogens (tertiary/aromatic N) is 1. The molecule has 1 nitrogen and oxygen atoms in total. The standard InChI is InChI=1S/C56H39NSi/c1-4-18-38(19-5-1)39-34-36-42(37-35-39)58(40-20-6-2-7-21-40,41-22-8-3-9-23-41)52-33-17-29-48-53-45-26-10-11-27-46(45)56(55(48)52)54-47(53)28-16-32-51(54)57-49-30-14-12-24-43(49)44-25-13-15-31-50(44)57/h1-37,53,56H/i1D,4D,5D,12D,13D,14D,15D,18D,19D,24D,25D,30D,31D. The highest BCUT2D eigenvalue weighted by Crippen LogP contribution is 2.57. The van der Waals surface area contributed by atoms with Gasteiger partial charge in [-0.15, -0.1) is 0 Å². The lowest BCUT2D eigenvalue weighted by atomic mass is 9.60. The fourth-order valence-corrected chi connectivity index (χ4v) is 15.1. The molecule has 2 bridgehead atoms. The summed E-state index contributed by atoms with van der Waals surface area (Å²) < 4.78 is 117. The minimum absolute atomic E-state index is 0.0182. The minimum atomic E-state index is -3.48. The lowest BCUT2D eigenvalue weighted by molar-refractivity contribution is 0.752. The normalized spacial score (nSPS) is 18.4. The van der Waals surface area contributed by atoms with E-state index in [0.29, 0.717) is 11.3 Å². The fourth-order valence-electron chi connectivity index (χ4n) is 10.1. The van der Waals surface area contributed by atoms with Gasteiger partial charge in [-0.05, 0) is 83.4 Å². The maximum Gasteiger partial charge on any atom is 0.179 e. The Labute approximate surface area is 358 Å². The van der Waals surface area contributed by atoms with Gasteiger partial charge in [-0.25, -0.2) is 0 Å². The Morgan fingerprint density at radius 2 is 0.879 bits per heavy atom. The molecule has 0 saturated heterocycles. The van der Waals surface area contributed by atoms with Gasteiger partial charge in [-0.3, -0.25) is 0 Å². The van der Waals surface area contributed by atoms with E-state index in [4.69, 9.17) is 12.3 Å². The highest BCUT2D eigenvalue weighted by molar-refractivity contribution is 7.20. The van der Waals surface area contributed by atoms with Crippen molar-refractivity contribution in [1.29, 1.82) is 0 Å². The van der Waals surface area contributed by atoms with E-state index < -0.39 is 68.4 Å². The molecule has 0 saturated carbocycles. The third-order valence-electron chi connectivity index (χ3n) is 12.3. The Kier molecular flexibility index (Phi) is 5.09. The van der Waals surface area contributed by atoms with Crippen molar-refractivity contribution in [2.24, 2.45) is 0 Å². The molecular formula is C56H39NSi. The molecule has 2 atom stereocenters. The predicted molar refractivity (Wildman–Crippen MR) is 245 cm³/mol. The molecule has 3 aliphatic carbocycles. The number of hydrogen-bond donors (Lipinski definition) is 0. The van der Waals surface area contributed by atoms with Gasteiger partial charge in [0.05, 0.1) is 34.5 Å². The molecule has 58 heavy (non-hydrogen) atoms. The van der Waals surface area contributed by atoms with Crippen molar-refractivity contribution in [2.45, 2.75) is 11.8 Å². The third kappa shape index (κ3) is 4.64. The zero-order valence-corrected chi connectivity index (χ0v) is 32.0. The zero-order valence-electron chi connectivity index (χ0n) is 44.0. The van der Waals surface area contributed by atoms with Crippen LogP contribution in [0, 0.1) is 0 Å². The Hall–Kier alpha value is -7.00. The van der Waals surface area contributed by atoms with Gasteiger partial charge in [0.1, 0.15) is 0 Å². The lowest BCUT2D eigenvalue weighted by Crippen LogP contribution is -2.75. The first-order valence-electron chi connectivity index (χ1n) is 25.9. The second kappa shape index (κ2) is 13.0. The van der Waals surface area contributed by atoms with E-state index in [1.54, 1.807) is 4.57 Å². The van der Waals surface area contributed by atoms with Crippen molar-refractivity contribution in [2.75, 3.05) is 0 Å². The van der Waals surface area contributed by atoms with E-state index in [-0.39, 0.29) is 57.5 Å². The summed E-state index contributed by atoms with van der Waals surface area (Å²) in [6.07, 6.45) is 0. The fraction of sp³-hybridized carbons (Fsp3) is 0.0357. The van der Waals surface area contributed by atoms with E-state index in [0.717, 1.165) is 54.1 Å². The van der Waals surface area contributed by atoms with Crippen LogP contribution in [0.25, 0.3) is 38.6 Å². The molecule has 0 aliphatic heterocycles. The van der Waals surface area contributed by atoms with Crippen molar-refractivity contribution in [1.82, 2.24) is 4.57 Å². The van der Waals surface area contributed by atoms with Crippen LogP contribution >= 0.6 is 0 Å². The molecule has 1 heterocycles. The van der Waals surface area contributed by atoms with Crippen LogP contribution in [0.1, 0.15) is 63.0 Å². The van der Waals surface area contributed by atoms with Crippen molar-refractivity contribution < 1.29 is 17.8 Å². The van der Waals surface area contributed by atoms with Crippen LogP contribution in [0.2, 0.25) is 0 Å². The van der Waals surface area contributed by atoms with E-state index >= 15 is 0 Å². The Balaban J connectivity index is 1.21. The number of aromatic nitrogens is 1. The summed E-state index contributed by atoms with van der Waals surface area (Å²) in [5.41, 5.74) is 7.42. The topological polar surface area (TPSA) is 4.93 Å².